The average molecular weight is 240 g/mol. The van der Waals surface area contributed by atoms with E-state index in [0.29, 0.717) is 12.3 Å². The van der Waals surface area contributed by atoms with E-state index in [2.05, 4.69) is 17.4 Å². The van der Waals surface area contributed by atoms with E-state index < -0.39 is 0 Å². The van der Waals surface area contributed by atoms with Crippen molar-refractivity contribution < 1.29 is 4.79 Å². The van der Waals surface area contributed by atoms with Gasteiger partial charge in [0.2, 0.25) is 5.91 Å². The molecule has 0 aliphatic rings. The van der Waals surface area contributed by atoms with Gasteiger partial charge in [-0.3, -0.25) is 4.79 Å². The van der Waals surface area contributed by atoms with Crippen LogP contribution in [0.25, 0.3) is 0 Å². The molecule has 0 spiro atoms. The minimum atomic E-state index is 0.0376. The average Bonchev–Trinajstić information content (AvgIpc) is 2.28. The fourth-order valence-electron chi connectivity index (χ4n) is 1.53. The summed E-state index contributed by atoms with van der Waals surface area (Å²) in [7, 11) is 0. The lowest BCUT2D eigenvalue weighted by Gasteiger charge is -2.13. The zero-order chi connectivity index (χ0) is 11.8. The number of hydrogen-bond acceptors (Lipinski definition) is 1. The van der Waals surface area contributed by atoms with Gasteiger partial charge in [-0.25, -0.2) is 0 Å². The van der Waals surface area contributed by atoms with Gasteiger partial charge in [0.15, 0.2) is 0 Å². The second-order valence-electron chi connectivity index (χ2n) is 3.93. The molecule has 3 heteroatoms. The first-order chi connectivity index (χ1) is 7.72. The van der Waals surface area contributed by atoms with Crippen LogP contribution < -0.4 is 5.32 Å². The van der Waals surface area contributed by atoms with Crippen molar-refractivity contribution in [1.82, 2.24) is 5.32 Å². The molecule has 1 N–H and O–H groups in total. The molecule has 1 aromatic rings. The maximum atomic E-state index is 11.3. The molecule has 88 valence electrons. The number of carbonyl (C=O) groups excluding carboxylic acids is 1. The van der Waals surface area contributed by atoms with E-state index in [0.717, 1.165) is 12.8 Å². The van der Waals surface area contributed by atoms with Crippen molar-refractivity contribution >= 4 is 17.5 Å². The highest BCUT2D eigenvalue weighted by Gasteiger charge is 2.06. The Bertz CT molecular complexity index is 313. The molecule has 0 fully saturated rings. The topological polar surface area (TPSA) is 29.1 Å². The summed E-state index contributed by atoms with van der Waals surface area (Å²) in [5.41, 5.74) is 1.31. The molecule has 1 amide bonds. The van der Waals surface area contributed by atoms with E-state index in [9.17, 15) is 4.79 Å². The van der Waals surface area contributed by atoms with E-state index in [1.165, 1.54) is 5.56 Å². The molecule has 0 aliphatic carbocycles. The van der Waals surface area contributed by atoms with E-state index in [1.54, 1.807) is 0 Å². The third kappa shape index (κ3) is 5.17. The van der Waals surface area contributed by atoms with Crippen molar-refractivity contribution in [3.63, 3.8) is 0 Å². The first-order valence-electron chi connectivity index (χ1n) is 5.61. The summed E-state index contributed by atoms with van der Waals surface area (Å²) >= 11 is 5.49. The third-order valence-electron chi connectivity index (χ3n) is 2.44. The summed E-state index contributed by atoms with van der Waals surface area (Å²) in [6.07, 6.45) is 2.35. The van der Waals surface area contributed by atoms with Crippen molar-refractivity contribution in [2.45, 2.75) is 32.2 Å². The van der Waals surface area contributed by atoms with Crippen LogP contribution in [0.5, 0.6) is 0 Å². The number of carbonyl (C=O) groups is 1. The molecular formula is C13H18ClNO. The Balaban J connectivity index is 2.25. The zero-order valence-corrected chi connectivity index (χ0v) is 10.3. The maximum absolute atomic E-state index is 11.3. The van der Waals surface area contributed by atoms with Gasteiger partial charge < -0.3 is 5.32 Å². The van der Waals surface area contributed by atoms with Crippen molar-refractivity contribution in [3.8, 4) is 0 Å². The Hall–Kier alpha value is -1.02. The van der Waals surface area contributed by atoms with Gasteiger partial charge in [-0.2, -0.15) is 0 Å². The third-order valence-corrected chi connectivity index (χ3v) is 2.63. The summed E-state index contributed by atoms with van der Waals surface area (Å²) in [6, 6.07) is 10.5. The number of benzene rings is 1. The summed E-state index contributed by atoms with van der Waals surface area (Å²) in [5.74, 6) is 0.424. The lowest BCUT2D eigenvalue weighted by Crippen LogP contribution is -2.32. The quantitative estimate of drug-likeness (QED) is 0.760. The standard InChI is InChI=1S/C13H18ClNO/c1-11(15-13(16)9-10-14)7-8-12-5-3-2-4-6-12/h2-6,11H,7-10H2,1H3,(H,15,16)/t11-/m0/s1. The molecule has 16 heavy (non-hydrogen) atoms. The highest BCUT2D eigenvalue weighted by Crippen LogP contribution is 2.04. The molecule has 0 saturated carbocycles. The van der Waals surface area contributed by atoms with Gasteiger partial charge >= 0.3 is 0 Å². The van der Waals surface area contributed by atoms with Gasteiger partial charge in [0.05, 0.1) is 0 Å². The highest BCUT2D eigenvalue weighted by atomic mass is 35.5. The lowest BCUT2D eigenvalue weighted by atomic mass is 10.1. The van der Waals surface area contributed by atoms with E-state index in [-0.39, 0.29) is 11.9 Å². The Morgan fingerprint density at radius 3 is 2.69 bits per heavy atom. The minimum Gasteiger partial charge on any atom is -0.354 e. The number of aryl methyl sites for hydroxylation is 1. The van der Waals surface area contributed by atoms with Crippen LogP contribution in [-0.4, -0.2) is 17.8 Å². The molecule has 0 bridgehead atoms. The normalized spacial score (nSPS) is 12.1. The largest absolute Gasteiger partial charge is 0.354 e. The smallest absolute Gasteiger partial charge is 0.221 e. The molecule has 0 radical (unpaired) electrons. The van der Waals surface area contributed by atoms with Crippen LogP contribution in [0.3, 0.4) is 0 Å². The molecule has 0 aliphatic heterocycles. The van der Waals surface area contributed by atoms with Crippen LogP contribution >= 0.6 is 11.6 Å². The van der Waals surface area contributed by atoms with Gasteiger partial charge in [-0.1, -0.05) is 30.3 Å². The number of halogens is 1. The van der Waals surface area contributed by atoms with Crippen LogP contribution in [0.2, 0.25) is 0 Å². The first kappa shape index (κ1) is 13.0. The maximum Gasteiger partial charge on any atom is 0.221 e. The molecule has 0 aromatic heterocycles. The SMILES string of the molecule is C[C@@H](CCc1ccccc1)NC(=O)CCCl. The first-order valence-corrected chi connectivity index (χ1v) is 6.15. The fraction of sp³-hybridized carbons (Fsp3) is 0.462. The van der Waals surface area contributed by atoms with Crippen molar-refractivity contribution in [2.75, 3.05) is 5.88 Å². The molecule has 0 saturated heterocycles. The zero-order valence-electron chi connectivity index (χ0n) is 9.58. The van der Waals surface area contributed by atoms with Crippen LogP contribution in [0.15, 0.2) is 30.3 Å². The Labute approximate surface area is 102 Å². The number of rotatable bonds is 6. The van der Waals surface area contributed by atoms with Crippen molar-refractivity contribution in [2.24, 2.45) is 0 Å². The van der Waals surface area contributed by atoms with E-state index in [1.807, 2.05) is 25.1 Å². The van der Waals surface area contributed by atoms with Crippen LogP contribution in [0.1, 0.15) is 25.3 Å². The monoisotopic (exact) mass is 239 g/mol. The number of amides is 1. The van der Waals surface area contributed by atoms with Gasteiger partial charge in [0.25, 0.3) is 0 Å². The Morgan fingerprint density at radius 1 is 1.38 bits per heavy atom. The molecule has 0 unspecified atom stereocenters. The van der Waals surface area contributed by atoms with Gasteiger partial charge in [-0.05, 0) is 25.3 Å². The summed E-state index contributed by atoms with van der Waals surface area (Å²) in [6.45, 7) is 2.02. The summed E-state index contributed by atoms with van der Waals surface area (Å²) < 4.78 is 0. The van der Waals surface area contributed by atoms with Crippen molar-refractivity contribution in [3.05, 3.63) is 35.9 Å². The van der Waals surface area contributed by atoms with Gasteiger partial charge in [0, 0.05) is 18.3 Å². The predicted octanol–water partition coefficient (Wildman–Crippen LogP) is 2.75. The summed E-state index contributed by atoms with van der Waals surface area (Å²) in [5, 5.41) is 2.93. The number of alkyl halides is 1. The van der Waals surface area contributed by atoms with Crippen LogP contribution in [0, 0.1) is 0 Å². The lowest BCUT2D eigenvalue weighted by molar-refractivity contribution is -0.121. The molecular weight excluding hydrogens is 222 g/mol. The molecule has 0 heterocycles. The molecule has 1 atom stereocenters. The molecule has 2 nitrogen and oxygen atoms in total. The molecule has 1 aromatic carbocycles. The summed E-state index contributed by atoms with van der Waals surface area (Å²) in [4.78, 5) is 11.3. The Morgan fingerprint density at radius 2 is 2.06 bits per heavy atom. The van der Waals surface area contributed by atoms with E-state index in [4.69, 9.17) is 11.6 Å². The number of nitrogens with one attached hydrogen (secondary N) is 1. The minimum absolute atomic E-state index is 0.0376. The van der Waals surface area contributed by atoms with Gasteiger partial charge in [-0.15, -0.1) is 11.6 Å². The fourth-order valence-corrected chi connectivity index (χ4v) is 1.70. The van der Waals surface area contributed by atoms with Gasteiger partial charge in [0.1, 0.15) is 0 Å². The Kier molecular flexibility index (Phi) is 5.94. The molecule has 1 rings (SSSR count). The number of hydrogen-bond donors (Lipinski definition) is 1. The highest BCUT2D eigenvalue weighted by molar-refractivity contribution is 6.18. The van der Waals surface area contributed by atoms with Crippen molar-refractivity contribution in [1.29, 1.82) is 0 Å². The van der Waals surface area contributed by atoms with E-state index >= 15 is 0 Å². The van der Waals surface area contributed by atoms with Crippen LogP contribution in [0.4, 0.5) is 0 Å². The predicted molar refractivity (Wildman–Crippen MR) is 67.7 cm³/mol. The second-order valence-corrected chi connectivity index (χ2v) is 4.31. The second kappa shape index (κ2) is 7.29. The van der Waals surface area contributed by atoms with Crippen LogP contribution in [-0.2, 0) is 11.2 Å².